The molecule has 1 aliphatic carbocycles. The molecule has 0 radical (unpaired) electrons. The Bertz CT molecular complexity index is 490. The van der Waals surface area contributed by atoms with Crippen molar-refractivity contribution in [2.75, 3.05) is 13.2 Å². The summed E-state index contributed by atoms with van der Waals surface area (Å²) in [5.74, 6) is 0.816. The monoisotopic (exact) mass is 262 g/mol. The second-order valence-electron chi connectivity index (χ2n) is 5.08. The van der Waals surface area contributed by atoms with Crippen LogP contribution in [0.15, 0.2) is 18.2 Å². The van der Waals surface area contributed by atoms with Crippen molar-refractivity contribution in [2.24, 2.45) is 5.73 Å². The molecular formula is C14H18N2O3. The molecule has 0 aromatic heterocycles. The highest BCUT2D eigenvalue weighted by atomic mass is 16.6. The highest BCUT2D eigenvalue weighted by Crippen LogP contribution is 2.30. The van der Waals surface area contributed by atoms with E-state index in [1.807, 2.05) is 12.1 Å². The smallest absolute Gasteiger partial charge is 0.407 e. The maximum Gasteiger partial charge on any atom is 0.407 e. The van der Waals surface area contributed by atoms with E-state index >= 15 is 0 Å². The third-order valence-electron chi connectivity index (χ3n) is 3.66. The van der Waals surface area contributed by atoms with Gasteiger partial charge in [-0.1, -0.05) is 6.07 Å². The number of carbonyl (C=O) groups excluding carboxylic acids is 1. The number of cyclic esters (lactones) is 1. The van der Waals surface area contributed by atoms with Crippen LogP contribution in [-0.2, 0) is 11.2 Å². The van der Waals surface area contributed by atoms with Crippen LogP contribution in [-0.4, -0.2) is 25.3 Å². The zero-order chi connectivity index (χ0) is 13.2. The highest BCUT2D eigenvalue weighted by Gasteiger charge is 2.23. The molecule has 5 heteroatoms. The third-order valence-corrected chi connectivity index (χ3v) is 3.66. The van der Waals surface area contributed by atoms with Gasteiger partial charge in [-0.15, -0.1) is 0 Å². The predicted octanol–water partition coefficient (Wildman–Crippen LogP) is 1.51. The standard InChI is InChI=1S/C14H18N2O3/c15-13-3-1-2-9-6-10(4-5-12(9)13)18-8-11-7-16-14(17)19-11/h4-6,11,13H,1-3,7-8,15H2,(H,16,17). The van der Waals surface area contributed by atoms with Crippen LogP contribution in [0.25, 0.3) is 0 Å². The van der Waals surface area contributed by atoms with E-state index in [0.29, 0.717) is 13.2 Å². The van der Waals surface area contributed by atoms with Crippen molar-refractivity contribution in [1.82, 2.24) is 5.32 Å². The number of amides is 1. The Morgan fingerprint density at radius 2 is 2.37 bits per heavy atom. The first-order valence-electron chi connectivity index (χ1n) is 6.68. The molecule has 2 aliphatic rings. The molecule has 2 unspecified atom stereocenters. The van der Waals surface area contributed by atoms with Crippen LogP contribution in [0.3, 0.4) is 0 Å². The SMILES string of the molecule is NC1CCCc2cc(OCC3CNC(=O)O3)ccc21. The fourth-order valence-corrected chi connectivity index (χ4v) is 2.63. The number of hydrogen-bond donors (Lipinski definition) is 2. The molecular weight excluding hydrogens is 244 g/mol. The van der Waals surface area contributed by atoms with E-state index in [0.717, 1.165) is 25.0 Å². The van der Waals surface area contributed by atoms with E-state index in [4.69, 9.17) is 15.2 Å². The summed E-state index contributed by atoms with van der Waals surface area (Å²) in [4.78, 5) is 10.9. The lowest BCUT2D eigenvalue weighted by atomic mass is 9.88. The molecule has 19 heavy (non-hydrogen) atoms. The zero-order valence-corrected chi connectivity index (χ0v) is 10.7. The normalized spacial score (nSPS) is 25.4. The number of fused-ring (bicyclic) bond motifs is 1. The van der Waals surface area contributed by atoms with Crippen LogP contribution in [0.5, 0.6) is 5.75 Å². The molecule has 1 saturated heterocycles. The number of alkyl carbamates (subject to hydrolysis) is 1. The quantitative estimate of drug-likeness (QED) is 0.866. The average Bonchev–Trinajstić information content (AvgIpc) is 2.82. The number of nitrogens with one attached hydrogen (secondary N) is 1. The van der Waals surface area contributed by atoms with E-state index in [2.05, 4.69) is 11.4 Å². The average molecular weight is 262 g/mol. The molecule has 1 aromatic rings. The van der Waals surface area contributed by atoms with Gasteiger partial charge in [0.1, 0.15) is 12.4 Å². The first kappa shape index (κ1) is 12.3. The lowest BCUT2D eigenvalue weighted by molar-refractivity contribution is 0.105. The molecule has 5 nitrogen and oxygen atoms in total. The summed E-state index contributed by atoms with van der Waals surface area (Å²) in [6, 6.07) is 6.19. The van der Waals surface area contributed by atoms with Crippen LogP contribution >= 0.6 is 0 Å². The largest absolute Gasteiger partial charge is 0.490 e. The molecule has 0 spiro atoms. The molecule has 102 valence electrons. The van der Waals surface area contributed by atoms with Gasteiger partial charge >= 0.3 is 6.09 Å². The number of nitrogens with two attached hydrogens (primary N) is 1. The molecule has 1 heterocycles. The van der Waals surface area contributed by atoms with Gasteiger partial charge in [-0.3, -0.25) is 0 Å². The van der Waals surface area contributed by atoms with Gasteiger partial charge in [-0.05, 0) is 42.5 Å². The fraction of sp³-hybridized carbons (Fsp3) is 0.500. The van der Waals surface area contributed by atoms with Gasteiger partial charge in [0.05, 0.1) is 6.54 Å². The molecule has 2 atom stereocenters. The van der Waals surface area contributed by atoms with E-state index in [1.165, 1.54) is 11.1 Å². The summed E-state index contributed by atoms with van der Waals surface area (Å²) in [6.45, 7) is 0.887. The maximum atomic E-state index is 10.9. The van der Waals surface area contributed by atoms with Crippen molar-refractivity contribution in [2.45, 2.75) is 31.4 Å². The topological polar surface area (TPSA) is 73.6 Å². The van der Waals surface area contributed by atoms with Crippen LogP contribution in [0.1, 0.15) is 30.0 Å². The lowest BCUT2D eigenvalue weighted by Crippen LogP contribution is -2.22. The van der Waals surface area contributed by atoms with E-state index in [-0.39, 0.29) is 18.2 Å². The number of aryl methyl sites for hydroxylation is 1. The van der Waals surface area contributed by atoms with Crippen LogP contribution in [0.4, 0.5) is 4.79 Å². The van der Waals surface area contributed by atoms with Crippen LogP contribution in [0, 0.1) is 0 Å². The second-order valence-corrected chi connectivity index (χ2v) is 5.08. The van der Waals surface area contributed by atoms with Gasteiger partial charge in [-0.25, -0.2) is 4.79 Å². The number of benzene rings is 1. The lowest BCUT2D eigenvalue weighted by Gasteiger charge is -2.22. The van der Waals surface area contributed by atoms with Gasteiger partial charge in [0, 0.05) is 6.04 Å². The molecule has 3 rings (SSSR count). The van der Waals surface area contributed by atoms with E-state index in [1.54, 1.807) is 0 Å². The Morgan fingerprint density at radius 1 is 1.47 bits per heavy atom. The van der Waals surface area contributed by atoms with Crippen molar-refractivity contribution < 1.29 is 14.3 Å². The molecule has 1 aliphatic heterocycles. The van der Waals surface area contributed by atoms with Crippen molar-refractivity contribution in [3.8, 4) is 5.75 Å². The van der Waals surface area contributed by atoms with Gasteiger partial charge < -0.3 is 20.5 Å². The molecule has 3 N–H and O–H groups in total. The van der Waals surface area contributed by atoms with Gasteiger partial charge in [-0.2, -0.15) is 0 Å². The van der Waals surface area contributed by atoms with Crippen molar-refractivity contribution in [1.29, 1.82) is 0 Å². The minimum Gasteiger partial charge on any atom is -0.490 e. The predicted molar refractivity (Wildman–Crippen MR) is 70.1 cm³/mol. The molecule has 1 fully saturated rings. The summed E-state index contributed by atoms with van der Waals surface area (Å²) in [6.07, 6.45) is 2.66. The summed E-state index contributed by atoms with van der Waals surface area (Å²) in [7, 11) is 0. The molecule has 0 bridgehead atoms. The highest BCUT2D eigenvalue weighted by molar-refractivity contribution is 5.69. The number of rotatable bonds is 3. The van der Waals surface area contributed by atoms with Crippen molar-refractivity contribution in [3.63, 3.8) is 0 Å². The van der Waals surface area contributed by atoms with E-state index in [9.17, 15) is 4.79 Å². The minimum atomic E-state index is -0.370. The Hall–Kier alpha value is -1.75. The third kappa shape index (κ3) is 2.66. The number of hydrogen-bond acceptors (Lipinski definition) is 4. The Morgan fingerprint density at radius 3 is 3.16 bits per heavy atom. The van der Waals surface area contributed by atoms with Crippen molar-refractivity contribution >= 4 is 6.09 Å². The Balaban J connectivity index is 1.64. The summed E-state index contributed by atoms with van der Waals surface area (Å²) in [5.41, 5.74) is 8.58. The van der Waals surface area contributed by atoms with Crippen molar-refractivity contribution in [3.05, 3.63) is 29.3 Å². The zero-order valence-electron chi connectivity index (χ0n) is 10.7. The molecule has 0 saturated carbocycles. The summed E-state index contributed by atoms with van der Waals surface area (Å²) < 4.78 is 10.7. The number of ether oxygens (including phenoxy) is 2. The van der Waals surface area contributed by atoms with E-state index < -0.39 is 0 Å². The summed E-state index contributed by atoms with van der Waals surface area (Å²) in [5, 5.41) is 2.60. The van der Waals surface area contributed by atoms with Gasteiger partial charge in [0.25, 0.3) is 0 Å². The van der Waals surface area contributed by atoms with Gasteiger partial charge in [0.15, 0.2) is 6.10 Å². The van der Waals surface area contributed by atoms with Gasteiger partial charge in [0.2, 0.25) is 0 Å². The second kappa shape index (κ2) is 5.09. The molecule has 1 aromatic carbocycles. The Labute approximate surface area is 112 Å². The van der Waals surface area contributed by atoms with Crippen LogP contribution in [0.2, 0.25) is 0 Å². The fourth-order valence-electron chi connectivity index (χ4n) is 2.63. The Kier molecular flexibility index (Phi) is 3.29. The number of carbonyl (C=O) groups is 1. The summed E-state index contributed by atoms with van der Waals surface area (Å²) >= 11 is 0. The van der Waals surface area contributed by atoms with Crippen LogP contribution < -0.4 is 15.8 Å². The first-order chi connectivity index (χ1) is 9.22. The first-order valence-corrected chi connectivity index (χ1v) is 6.68. The molecule has 1 amide bonds. The maximum absolute atomic E-state index is 10.9. The minimum absolute atomic E-state index is 0.151.